The first-order valence-corrected chi connectivity index (χ1v) is 8.85. The molecule has 0 bridgehead atoms. The molecule has 0 amide bonds. The molecule has 0 aliphatic carbocycles. The first-order chi connectivity index (χ1) is 12.4. The summed E-state index contributed by atoms with van der Waals surface area (Å²) in [6.07, 6.45) is 0.660. The van der Waals surface area contributed by atoms with Crippen molar-refractivity contribution in [3.63, 3.8) is 0 Å². The number of hydrogen-bond donors (Lipinski definition) is 2. The van der Waals surface area contributed by atoms with Crippen LogP contribution in [0.15, 0.2) is 47.6 Å². The third-order valence-corrected chi connectivity index (χ3v) is 4.24. The van der Waals surface area contributed by atoms with Gasteiger partial charge in [-0.25, -0.2) is 0 Å². The highest BCUT2D eigenvalue weighted by Crippen LogP contribution is 2.35. The number of aryl methyl sites for hydroxylation is 1. The fourth-order valence-electron chi connectivity index (χ4n) is 2.88. The molecule has 5 nitrogen and oxygen atoms in total. The third kappa shape index (κ3) is 4.32. The Kier molecular flexibility index (Phi) is 5.13. The van der Waals surface area contributed by atoms with E-state index in [1.807, 2.05) is 63.2 Å². The maximum Gasteiger partial charge on any atom is 0.191 e. The van der Waals surface area contributed by atoms with E-state index in [0.29, 0.717) is 11.5 Å². The van der Waals surface area contributed by atoms with Gasteiger partial charge in [-0.1, -0.05) is 12.1 Å². The van der Waals surface area contributed by atoms with Crippen molar-refractivity contribution < 1.29 is 9.47 Å². The molecule has 0 unspecified atom stereocenters. The fourth-order valence-corrected chi connectivity index (χ4v) is 3.05. The molecule has 2 N–H and O–H groups in total. The SMILES string of the molecule is COc1ccc2c(c1)/C(=N\NC(=S)Nc1cccc(C)c1)CC(C)(C)O2. The van der Waals surface area contributed by atoms with E-state index in [1.54, 1.807) is 7.11 Å². The van der Waals surface area contributed by atoms with Crippen molar-refractivity contribution in [2.45, 2.75) is 32.8 Å². The molecule has 3 rings (SSSR count). The van der Waals surface area contributed by atoms with Crippen molar-refractivity contribution in [2.24, 2.45) is 5.10 Å². The molecule has 6 heteroatoms. The van der Waals surface area contributed by atoms with Crippen LogP contribution in [0, 0.1) is 6.92 Å². The van der Waals surface area contributed by atoms with Gasteiger partial charge in [0, 0.05) is 17.7 Å². The quantitative estimate of drug-likeness (QED) is 0.626. The lowest BCUT2D eigenvalue weighted by molar-refractivity contribution is 0.111. The van der Waals surface area contributed by atoms with E-state index >= 15 is 0 Å². The lowest BCUT2D eigenvalue weighted by Gasteiger charge is -2.33. The standard InChI is InChI=1S/C20H23N3O2S/c1-13-6-5-7-14(10-13)21-19(26)23-22-17-12-20(2,3)25-18-9-8-15(24-4)11-16(17)18/h5-11H,12H2,1-4H3,(H2,21,23,26)/b22-17-. The van der Waals surface area contributed by atoms with Gasteiger partial charge in [0.25, 0.3) is 0 Å². The van der Waals surface area contributed by atoms with Gasteiger partial charge >= 0.3 is 0 Å². The molecular formula is C20H23N3O2S. The molecule has 26 heavy (non-hydrogen) atoms. The molecule has 1 aliphatic rings. The Morgan fingerprint density at radius 1 is 1.23 bits per heavy atom. The predicted molar refractivity (Wildman–Crippen MR) is 109 cm³/mol. The first-order valence-electron chi connectivity index (χ1n) is 8.44. The summed E-state index contributed by atoms with van der Waals surface area (Å²) in [5.74, 6) is 1.56. The molecule has 0 saturated carbocycles. The predicted octanol–water partition coefficient (Wildman–Crippen LogP) is 4.26. The van der Waals surface area contributed by atoms with Crippen LogP contribution in [-0.2, 0) is 0 Å². The molecule has 2 aromatic carbocycles. The summed E-state index contributed by atoms with van der Waals surface area (Å²) in [6, 6.07) is 13.7. The molecule has 0 aromatic heterocycles. The van der Waals surface area contributed by atoms with Crippen molar-refractivity contribution in [3.8, 4) is 11.5 Å². The number of benzene rings is 2. The number of anilines is 1. The van der Waals surface area contributed by atoms with Gasteiger partial charge in [0.2, 0.25) is 0 Å². The summed E-state index contributed by atoms with van der Waals surface area (Å²) in [4.78, 5) is 0. The van der Waals surface area contributed by atoms with Crippen molar-refractivity contribution >= 4 is 28.7 Å². The Labute approximate surface area is 159 Å². The summed E-state index contributed by atoms with van der Waals surface area (Å²) >= 11 is 5.37. The normalized spacial score (nSPS) is 16.4. The highest BCUT2D eigenvalue weighted by molar-refractivity contribution is 7.80. The number of thiocarbonyl (C=S) groups is 1. The van der Waals surface area contributed by atoms with Crippen LogP contribution < -0.4 is 20.2 Å². The summed E-state index contributed by atoms with van der Waals surface area (Å²) in [7, 11) is 1.64. The second kappa shape index (κ2) is 7.33. The number of nitrogens with one attached hydrogen (secondary N) is 2. The Morgan fingerprint density at radius 2 is 2.04 bits per heavy atom. The van der Waals surface area contributed by atoms with E-state index in [-0.39, 0.29) is 5.60 Å². The number of ether oxygens (including phenoxy) is 2. The maximum absolute atomic E-state index is 6.05. The number of hydrogen-bond acceptors (Lipinski definition) is 4. The fraction of sp³-hybridized carbons (Fsp3) is 0.300. The molecule has 0 spiro atoms. The summed E-state index contributed by atoms with van der Waals surface area (Å²) in [5, 5.41) is 8.13. The number of methoxy groups -OCH3 is 1. The van der Waals surface area contributed by atoms with Gasteiger partial charge in [-0.2, -0.15) is 5.10 Å². The zero-order valence-electron chi connectivity index (χ0n) is 15.4. The number of nitrogens with zero attached hydrogens (tertiary/aromatic N) is 1. The largest absolute Gasteiger partial charge is 0.497 e. The highest BCUT2D eigenvalue weighted by atomic mass is 32.1. The van der Waals surface area contributed by atoms with E-state index in [0.717, 1.165) is 34.0 Å². The smallest absolute Gasteiger partial charge is 0.191 e. The zero-order valence-corrected chi connectivity index (χ0v) is 16.2. The Hall–Kier alpha value is -2.60. The van der Waals surface area contributed by atoms with Gasteiger partial charge in [-0.3, -0.25) is 5.43 Å². The lowest BCUT2D eigenvalue weighted by Crippen LogP contribution is -2.37. The molecule has 0 atom stereocenters. The van der Waals surface area contributed by atoms with Crippen LogP contribution in [0.5, 0.6) is 11.5 Å². The van der Waals surface area contributed by atoms with Gasteiger partial charge in [0.05, 0.1) is 12.8 Å². The van der Waals surface area contributed by atoms with Crippen LogP contribution in [-0.4, -0.2) is 23.5 Å². The molecule has 1 aliphatic heterocycles. The summed E-state index contributed by atoms with van der Waals surface area (Å²) < 4.78 is 11.4. The van der Waals surface area contributed by atoms with E-state index in [9.17, 15) is 0 Å². The zero-order chi connectivity index (χ0) is 18.7. The van der Waals surface area contributed by atoms with Crippen LogP contribution in [0.25, 0.3) is 0 Å². The minimum atomic E-state index is -0.340. The summed E-state index contributed by atoms with van der Waals surface area (Å²) in [5.41, 5.74) is 6.49. The van der Waals surface area contributed by atoms with E-state index in [4.69, 9.17) is 21.7 Å². The Bertz CT molecular complexity index is 862. The topological polar surface area (TPSA) is 54.9 Å². The average molecular weight is 369 g/mol. The second-order valence-electron chi connectivity index (χ2n) is 6.89. The van der Waals surface area contributed by atoms with Gasteiger partial charge in [0.1, 0.15) is 17.1 Å². The van der Waals surface area contributed by atoms with Gasteiger partial charge in [-0.05, 0) is 68.9 Å². The average Bonchev–Trinajstić information content (AvgIpc) is 2.58. The minimum Gasteiger partial charge on any atom is -0.497 e. The van der Waals surface area contributed by atoms with Crippen molar-refractivity contribution in [1.82, 2.24) is 5.43 Å². The molecule has 136 valence electrons. The molecule has 2 aromatic rings. The molecule has 0 radical (unpaired) electrons. The minimum absolute atomic E-state index is 0.340. The number of rotatable bonds is 3. The van der Waals surface area contributed by atoms with Crippen LogP contribution >= 0.6 is 12.2 Å². The second-order valence-corrected chi connectivity index (χ2v) is 7.30. The van der Waals surface area contributed by atoms with Crippen molar-refractivity contribution in [3.05, 3.63) is 53.6 Å². The molecule has 0 fully saturated rings. The molecule has 1 heterocycles. The van der Waals surface area contributed by atoms with Crippen LogP contribution in [0.4, 0.5) is 5.69 Å². The first kappa shape index (κ1) is 18.2. The lowest BCUT2D eigenvalue weighted by atomic mass is 9.92. The molecule has 0 saturated heterocycles. The molecular weight excluding hydrogens is 346 g/mol. The van der Waals surface area contributed by atoms with Crippen molar-refractivity contribution in [2.75, 3.05) is 12.4 Å². The van der Waals surface area contributed by atoms with Gasteiger partial charge < -0.3 is 14.8 Å². The summed E-state index contributed by atoms with van der Waals surface area (Å²) in [6.45, 7) is 6.12. The van der Waals surface area contributed by atoms with Gasteiger partial charge in [0.15, 0.2) is 5.11 Å². The van der Waals surface area contributed by atoms with E-state index < -0.39 is 0 Å². The van der Waals surface area contributed by atoms with Gasteiger partial charge in [-0.15, -0.1) is 0 Å². The van der Waals surface area contributed by atoms with E-state index in [1.165, 1.54) is 0 Å². The Balaban J connectivity index is 1.80. The van der Waals surface area contributed by atoms with E-state index in [2.05, 4.69) is 15.8 Å². The highest BCUT2D eigenvalue weighted by Gasteiger charge is 2.31. The number of hydrazone groups is 1. The van der Waals surface area contributed by atoms with Crippen molar-refractivity contribution in [1.29, 1.82) is 0 Å². The maximum atomic E-state index is 6.05. The van der Waals surface area contributed by atoms with Crippen LogP contribution in [0.1, 0.15) is 31.4 Å². The third-order valence-electron chi connectivity index (χ3n) is 4.05. The van der Waals surface area contributed by atoms with Crippen LogP contribution in [0.2, 0.25) is 0 Å². The van der Waals surface area contributed by atoms with Crippen LogP contribution in [0.3, 0.4) is 0 Å². The Morgan fingerprint density at radius 3 is 2.77 bits per heavy atom. The monoisotopic (exact) mass is 369 g/mol. The number of fused-ring (bicyclic) bond motifs is 1.